The van der Waals surface area contributed by atoms with E-state index >= 15 is 0 Å². The Bertz CT molecular complexity index is 393. The highest BCUT2D eigenvalue weighted by Crippen LogP contribution is 2.31. The van der Waals surface area contributed by atoms with Crippen LogP contribution in [0.2, 0.25) is 0 Å². The van der Waals surface area contributed by atoms with Crippen LogP contribution in [0.4, 0.5) is 0 Å². The van der Waals surface area contributed by atoms with Gasteiger partial charge in [-0.3, -0.25) is 0 Å². The Kier molecular flexibility index (Phi) is 3.73. The minimum absolute atomic E-state index is 0.574. The van der Waals surface area contributed by atoms with Crippen LogP contribution >= 0.6 is 11.6 Å². The fraction of sp³-hybridized carbons (Fsp3) is 0.385. The van der Waals surface area contributed by atoms with Crippen LogP contribution in [0.25, 0.3) is 6.08 Å². The SMILES string of the molecule is CCC(=Cc1ccc2c(c1)OCCO2)CCl. The van der Waals surface area contributed by atoms with Crippen molar-refractivity contribution in [1.29, 1.82) is 0 Å². The molecule has 0 radical (unpaired) electrons. The van der Waals surface area contributed by atoms with E-state index in [1.165, 1.54) is 5.57 Å². The highest BCUT2D eigenvalue weighted by atomic mass is 35.5. The van der Waals surface area contributed by atoms with Gasteiger partial charge in [-0.25, -0.2) is 0 Å². The molecule has 0 atom stereocenters. The molecular weight excluding hydrogens is 224 g/mol. The van der Waals surface area contributed by atoms with E-state index in [2.05, 4.69) is 13.0 Å². The molecule has 1 aromatic carbocycles. The zero-order valence-corrected chi connectivity index (χ0v) is 10.1. The number of fused-ring (bicyclic) bond motifs is 1. The molecule has 0 fully saturated rings. The number of allylic oxidation sites excluding steroid dienone is 1. The van der Waals surface area contributed by atoms with Crippen molar-refractivity contribution < 1.29 is 9.47 Å². The molecule has 0 saturated carbocycles. The molecule has 1 aliphatic rings. The third-order valence-electron chi connectivity index (χ3n) is 2.56. The number of ether oxygens (including phenoxy) is 2. The molecule has 0 unspecified atom stereocenters. The van der Waals surface area contributed by atoms with Crippen molar-refractivity contribution in [3.8, 4) is 11.5 Å². The fourth-order valence-corrected chi connectivity index (χ4v) is 1.89. The molecule has 16 heavy (non-hydrogen) atoms. The van der Waals surface area contributed by atoms with Crippen LogP contribution in [0.15, 0.2) is 23.8 Å². The van der Waals surface area contributed by atoms with Crippen LogP contribution in [0.5, 0.6) is 11.5 Å². The summed E-state index contributed by atoms with van der Waals surface area (Å²) in [5, 5.41) is 0. The predicted octanol–water partition coefficient (Wildman–Crippen LogP) is 3.49. The summed E-state index contributed by atoms with van der Waals surface area (Å²) in [6.45, 7) is 3.35. The molecule has 0 amide bonds. The average molecular weight is 239 g/mol. The molecule has 1 aliphatic heterocycles. The molecule has 2 nitrogen and oxygen atoms in total. The van der Waals surface area contributed by atoms with Crippen molar-refractivity contribution in [3.05, 3.63) is 29.3 Å². The minimum Gasteiger partial charge on any atom is -0.486 e. The van der Waals surface area contributed by atoms with E-state index in [9.17, 15) is 0 Å². The number of hydrogen-bond donors (Lipinski definition) is 0. The summed E-state index contributed by atoms with van der Waals surface area (Å²) in [6, 6.07) is 5.97. The predicted molar refractivity (Wildman–Crippen MR) is 66.4 cm³/mol. The standard InChI is InChI=1S/C13H15ClO2/c1-2-10(9-14)7-11-3-4-12-13(8-11)16-6-5-15-12/h3-4,7-8H,2,5-6,9H2,1H3. The maximum atomic E-state index is 5.84. The minimum atomic E-state index is 0.574. The van der Waals surface area contributed by atoms with Crippen molar-refractivity contribution in [3.63, 3.8) is 0 Å². The van der Waals surface area contributed by atoms with Crippen LogP contribution < -0.4 is 9.47 Å². The molecule has 86 valence electrons. The van der Waals surface area contributed by atoms with Crippen LogP contribution in [0.3, 0.4) is 0 Å². The Morgan fingerprint density at radius 3 is 2.75 bits per heavy atom. The molecule has 0 spiro atoms. The van der Waals surface area contributed by atoms with Gasteiger partial charge in [0.05, 0.1) is 0 Å². The first-order chi connectivity index (χ1) is 7.83. The van der Waals surface area contributed by atoms with E-state index in [-0.39, 0.29) is 0 Å². The van der Waals surface area contributed by atoms with Crippen LogP contribution in [-0.2, 0) is 0 Å². The topological polar surface area (TPSA) is 18.5 Å². The zero-order chi connectivity index (χ0) is 11.4. The molecule has 0 saturated heterocycles. The molecule has 2 rings (SSSR count). The lowest BCUT2D eigenvalue weighted by Gasteiger charge is -2.18. The van der Waals surface area contributed by atoms with Gasteiger partial charge in [0.1, 0.15) is 13.2 Å². The Morgan fingerprint density at radius 1 is 1.31 bits per heavy atom. The van der Waals surface area contributed by atoms with Gasteiger partial charge in [0, 0.05) is 5.88 Å². The smallest absolute Gasteiger partial charge is 0.161 e. The monoisotopic (exact) mass is 238 g/mol. The van der Waals surface area contributed by atoms with Crippen LogP contribution in [-0.4, -0.2) is 19.1 Å². The zero-order valence-electron chi connectivity index (χ0n) is 9.33. The molecule has 0 bridgehead atoms. The summed E-state index contributed by atoms with van der Waals surface area (Å²) >= 11 is 5.84. The first-order valence-electron chi connectivity index (χ1n) is 5.48. The number of halogens is 1. The number of hydrogen-bond acceptors (Lipinski definition) is 2. The summed E-state index contributed by atoms with van der Waals surface area (Å²) in [6.07, 6.45) is 3.07. The second-order valence-electron chi connectivity index (χ2n) is 3.69. The number of rotatable bonds is 3. The molecule has 3 heteroatoms. The Labute approximate surface area is 101 Å². The average Bonchev–Trinajstić information content (AvgIpc) is 2.35. The molecule has 0 N–H and O–H groups in total. The normalized spacial score (nSPS) is 15.0. The maximum absolute atomic E-state index is 5.84. The van der Waals surface area contributed by atoms with E-state index in [0.29, 0.717) is 19.1 Å². The lowest BCUT2D eigenvalue weighted by atomic mass is 10.1. The maximum Gasteiger partial charge on any atom is 0.161 e. The fourth-order valence-electron chi connectivity index (χ4n) is 1.62. The van der Waals surface area contributed by atoms with Crippen molar-refractivity contribution >= 4 is 17.7 Å². The third-order valence-corrected chi connectivity index (χ3v) is 2.91. The molecule has 1 heterocycles. The van der Waals surface area contributed by atoms with Gasteiger partial charge in [0.15, 0.2) is 11.5 Å². The van der Waals surface area contributed by atoms with Crippen molar-refractivity contribution in [2.45, 2.75) is 13.3 Å². The van der Waals surface area contributed by atoms with Crippen molar-refractivity contribution in [2.24, 2.45) is 0 Å². The summed E-state index contributed by atoms with van der Waals surface area (Å²) < 4.78 is 11.0. The number of benzene rings is 1. The summed E-state index contributed by atoms with van der Waals surface area (Å²) in [5.41, 5.74) is 2.33. The van der Waals surface area contributed by atoms with Crippen molar-refractivity contribution in [2.75, 3.05) is 19.1 Å². The Hall–Kier alpha value is -1.15. The van der Waals surface area contributed by atoms with Crippen molar-refractivity contribution in [1.82, 2.24) is 0 Å². The summed E-state index contributed by atoms with van der Waals surface area (Å²) in [4.78, 5) is 0. The molecule has 0 aromatic heterocycles. The van der Waals surface area contributed by atoms with Crippen LogP contribution in [0, 0.1) is 0 Å². The van der Waals surface area contributed by atoms with E-state index in [1.807, 2.05) is 18.2 Å². The van der Waals surface area contributed by atoms with Gasteiger partial charge in [-0.15, -0.1) is 11.6 Å². The number of alkyl halides is 1. The van der Waals surface area contributed by atoms with Gasteiger partial charge < -0.3 is 9.47 Å². The largest absolute Gasteiger partial charge is 0.486 e. The lowest BCUT2D eigenvalue weighted by molar-refractivity contribution is 0.171. The molecular formula is C13H15ClO2. The second-order valence-corrected chi connectivity index (χ2v) is 3.96. The highest BCUT2D eigenvalue weighted by molar-refractivity contribution is 6.19. The van der Waals surface area contributed by atoms with Gasteiger partial charge in [0.2, 0.25) is 0 Å². The second kappa shape index (κ2) is 5.26. The molecule has 1 aromatic rings. The van der Waals surface area contributed by atoms with E-state index in [1.54, 1.807) is 0 Å². The highest BCUT2D eigenvalue weighted by Gasteiger charge is 2.10. The van der Waals surface area contributed by atoms with E-state index < -0.39 is 0 Å². The van der Waals surface area contributed by atoms with Gasteiger partial charge in [0.25, 0.3) is 0 Å². The Balaban J connectivity index is 2.26. The van der Waals surface area contributed by atoms with Gasteiger partial charge in [-0.05, 0) is 24.1 Å². The van der Waals surface area contributed by atoms with Crippen LogP contribution in [0.1, 0.15) is 18.9 Å². The third kappa shape index (κ3) is 2.50. The summed E-state index contributed by atoms with van der Waals surface area (Å²) in [5.74, 6) is 2.22. The van der Waals surface area contributed by atoms with Gasteiger partial charge in [-0.2, -0.15) is 0 Å². The molecule has 0 aliphatic carbocycles. The van der Waals surface area contributed by atoms with E-state index in [4.69, 9.17) is 21.1 Å². The van der Waals surface area contributed by atoms with E-state index in [0.717, 1.165) is 23.5 Å². The lowest BCUT2D eigenvalue weighted by Crippen LogP contribution is -2.15. The first-order valence-corrected chi connectivity index (χ1v) is 6.02. The quantitative estimate of drug-likeness (QED) is 0.751. The Morgan fingerprint density at radius 2 is 2.06 bits per heavy atom. The van der Waals surface area contributed by atoms with Gasteiger partial charge >= 0.3 is 0 Å². The van der Waals surface area contributed by atoms with Gasteiger partial charge in [-0.1, -0.05) is 24.6 Å². The summed E-state index contributed by atoms with van der Waals surface area (Å²) in [7, 11) is 0. The first kappa shape index (κ1) is 11.3.